The maximum atomic E-state index is 12.5. The second kappa shape index (κ2) is 8.09. The molecule has 1 fully saturated rings. The van der Waals surface area contributed by atoms with Gasteiger partial charge in [0.05, 0.1) is 0 Å². The summed E-state index contributed by atoms with van der Waals surface area (Å²) < 4.78 is 11.0. The number of carbonyl (C=O) groups excluding carboxylic acids is 2. The minimum absolute atomic E-state index is 0.0536. The Bertz CT molecular complexity index is 635. The number of rotatable bonds is 4. The third-order valence-electron chi connectivity index (χ3n) is 4.51. The fourth-order valence-electron chi connectivity index (χ4n) is 3.12. The SMILES string of the molecule is CCC(=O)NCC1CCCN(C(=O)Nc2ccc3c(c2)OCCO3)C1. The van der Waals surface area contributed by atoms with Crippen LogP contribution >= 0.6 is 0 Å². The number of amides is 3. The molecular formula is C18H25N3O4. The number of likely N-dealkylation sites (tertiary alicyclic amines) is 1. The van der Waals surface area contributed by atoms with Crippen molar-refractivity contribution in [1.82, 2.24) is 10.2 Å². The van der Waals surface area contributed by atoms with Crippen molar-refractivity contribution in [3.8, 4) is 11.5 Å². The first kappa shape index (κ1) is 17.4. The molecule has 1 unspecified atom stereocenters. The molecule has 0 aliphatic carbocycles. The average Bonchev–Trinajstić information content (AvgIpc) is 2.66. The van der Waals surface area contributed by atoms with Crippen LogP contribution < -0.4 is 20.1 Å². The fourth-order valence-corrected chi connectivity index (χ4v) is 3.12. The van der Waals surface area contributed by atoms with Gasteiger partial charge >= 0.3 is 6.03 Å². The number of piperidine rings is 1. The molecule has 2 aliphatic heterocycles. The summed E-state index contributed by atoms with van der Waals surface area (Å²) in [6, 6.07) is 5.29. The number of ether oxygens (including phenoxy) is 2. The van der Waals surface area contributed by atoms with Crippen molar-refractivity contribution in [3.05, 3.63) is 18.2 Å². The Kier molecular flexibility index (Phi) is 5.63. The van der Waals surface area contributed by atoms with E-state index in [1.807, 2.05) is 24.0 Å². The molecule has 7 nitrogen and oxygen atoms in total. The number of carbonyl (C=O) groups is 2. The zero-order valence-corrected chi connectivity index (χ0v) is 14.5. The Morgan fingerprint density at radius 1 is 1.24 bits per heavy atom. The molecule has 1 aromatic carbocycles. The molecule has 25 heavy (non-hydrogen) atoms. The first-order chi connectivity index (χ1) is 12.2. The molecule has 0 aromatic heterocycles. The van der Waals surface area contributed by atoms with Crippen LogP contribution in [0.2, 0.25) is 0 Å². The number of hydrogen-bond acceptors (Lipinski definition) is 4. The Hall–Kier alpha value is -2.44. The van der Waals surface area contributed by atoms with Crippen LogP contribution in [-0.2, 0) is 4.79 Å². The van der Waals surface area contributed by atoms with E-state index >= 15 is 0 Å². The highest BCUT2D eigenvalue weighted by atomic mass is 16.6. The van der Waals surface area contributed by atoms with Crippen molar-refractivity contribution in [2.75, 3.05) is 38.2 Å². The van der Waals surface area contributed by atoms with Crippen molar-refractivity contribution < 1.29 is 19.1 Å². The molecule has 0 spiro atoms. The topological polar surface area (TPSA) is 79.9 Å². The second-order valence-corrected chi connectivity index (χ2v) is 6.40. The van der Waals surface area contributed by atoms with Gasteiger partial charge in [-0.1, -0.05) is 6.92 Å². The van der Waals surface area contributed by atoms with E-state index in [0.717, 1.165) is 19.4 Å². The summed E-state index contributed by atoms with van der Waals surface area (Å²) in [7, 11) is 0. The number of nitrogens with one attached hydrogen (secondary N) is 2. The van der Waals surface area contributed by atoms with Crippen LogP contribution in [0.15, 0.2) is 18.2 Å². The predicted molar refractivity (Wildman–Crippen MR) is 94.0 cm³/mol. The zero-order chi connectivity index (χ0) is 17.6. The van der Waals surface area contributed by atoms with Gasteiger partial charge in [-0.05, 0) is 30.9 Å². The van der Waals surface area contributed by atoms with Crippen LogP contribution in [-0.4, -0.2) is 49.7 Å². The third-order valence-corrected chi connectivity index (χ3v) is 4.51. The van der Waals surface area contributed by atoms with Gasteiger partial charge in [0.1, 0.15) is 13.2 Å². The number of fused-ring (bicyclic) bond motifs is 1. The highest BCUT2D eigenvalue weighted by Gasteiger charge is 2.24. The van der Waals surface area contributed by atoms with Crippen molar-refractivity contribution in [2.24, 2.45) is 5.92 Å². The molecule has 1 saturated heterocycles. The molecule has 3 amide bonds. The van der Waals surface area contributed by atoms with Crippen LogP contribution in [0, 0.1) is 5.92 Å². The maximum Gasteiger partial charge on any atom is 0.321 e. The molecule has 1 atom stereocenters. The van der Waals surface area contributed by atoms with E-state index in [1.54, 1.807) is 6.07 Å². The molecule has 3 rings (SSSR count). The number of nitrogens with zero attached hydrogens (tertiary/aromatic N) is 1. The van der Waals surface area contributed by atoms with Crippen molar-refractivity contribution in [1.29, 1.82) is 0 Å². The summed E-state index contributed by atoms with van der Waals surface area (Å²) in [5, 5.41) is 5.84. The van der Waals surface area contributed by atoms with Crippen LogP contribution in [0.25, 0.3) is 0 Å². The Morgan fingerprint density at radius 2 is 2.04 bits per heavy atom. The normalized spacial score (nSPS) is 19.2. The highest BCUT2D eigenvalue weighted by Crippen LogP contribution is 2.32. The van der Waals surface area contributed by atoms with Gasteiger partial charge in [0.25, 0.3) is 0 Å². The first-order valence-electron chi connectivity index (χ1n) is 8.88. The molecule has 0 bridgehead atoms. The smallest absolute Gasteiger partial charge is 0.321 e. The third kappa shape index (κ3) is 4.55. The summed E-state index contributed by atoms with van der Waals surface area (Å²) in [5.74, 6) is 1.71. The van der Waals surface area contributed by atoms with Crippen molar-refractivity contribution in [3.63, 3.8) is 0 Å². The van der Waals surface area contributed by atoms with Gasteiger partial charge in [0, 0.05) is 37.8 Å². The van der Waals surface area contributed by atoms with Crippen molar-refractivity contribution >= 4 is 17.6 Å². The lowest BCUT2D eigenvalue weighted by Gasteiger charge is -2.33. The average molecular weight is 347 g/mol. The summed E-state index contributed by atoms with van der Waals surface area (Å²) in [6.07, 6.45) is 2.46. The summed E-state index contributed by atoms with van der Waals surface area (Å²) in [5.41, 5.74) is 0.690. The number of benzene rings is 1. The summed E-state index contributed by atoms with van der Waals surface area (Å²) in [4.78, 5) is 25.7. The molecule has 136 valence electrons. The molecule has 7 heteroatoms. The van der Waals surface area contributed by atoms with Gasteiger partial charge < -0.3 is 25.0 Å². The van der Waals surface area contributed by atoms with E-state index < -0.39 is 0 Å². The molecule has 1 aromatic rings. The van der Waals surface area contributed by atoms with Gasteiger partial charge in [-0.15, -0.1) is 0 Å². The Balaban J connectivity index is 1.54. The maximum absolute atomic E-state index is 12.5. The summed E-state index contributed by atoms with van der Waals surface area (Å²) >= 11 is 0. The highest BCUT2D eigenvalue weighted by molar-refractivity contribution is 5.89. The van der Waals surface area contributed by atoms with E-state index in [-0.39, 0.29) is 11.9 Å². The quantitative estimate of drug-likeness (QED) is 0.875. The van der Waals surface area contributed by atoms with Gasteiger partial charge in [0.15, 0.2) is 11.5 Å². The minimum atomic E-state index is -0.122. The predicted octanol–water partition coefficient (Wildman–Crippen LogP) is 2.23. The van der Waals surface area contributed by atoms with E-state index in [2.05, 4.69) is 10.6 Å². The van der Waals surface area contributed by atoms with Gasteiger partial charge in [-0.3, -0.25) is 4.79 Å². The lowest BCUT2D eigenvalue weighted by Crippen LogP contribution is -2.45. The van der Waals surface area contributed by atoms with Crippen molar-refractivity contribution in [2.45, 2.75) is 26.2 Å². The van der Waals surface area contributed by atoms with E-state index in [4.69, 9.17) is 9.47 Å². The molecule has 2 N–H and O–H groups in total. The molecule has 2 heterocycles. The summed E-state index contributed by atoms with van der Waals surface area (Å²) in [6.45, 7) is 4.91. The van der Waals surface area contributed by atoms with Gasteiger partial charge in [-0.2, -0.15) is 0 Å². The number of urea groups is 1. The number of anilines is 1. The minimum Gasteiger partial charge on any atom is -0.486 e. The number of hydrogen-bond donors (Lipinski definition) is 2. The molecule has 0 saturated carbocycles. The van der Waals surface area contributed by atoms with Gasteiger partial charge in [0.2, 0.25) is 5.91 Å². The van der Waals surface area contributed by atoms with Crippen LogP contribution in [0.1, 0.15) is 26.2 Å². The zero-order valence-electron chi connectivity index (χ0n) is 14.5. The van der Waals surface area contributed by atoms with E-state index in [0.29, 0.717) is 55.8 Å². The van der Waals surface area contributed by atoms with E-state index in [9.17, 15) is 9.59 Å². The molecular weight excluding hydrogens is 322 g/mol. The first-order valence-corrected chi connectivity index (χ1v) is 8.88. The lowest BCUT2D eigenvalue weighted by atomic mass is 9.98. The Morgan fingerprint density at radius 3 is 2.84 bits per heavy atom. The van der Waals surface area contributed by atoms with Crippen LogP contribution in [0.4, 0.5) is 10.5 Å². The van der Waals surface area contributed by atoms with E-state index in [1.165, 1.54) is 0 Å². The standard InChI is InChI=1S/C18H25N3O4/c1-2-17(22)19-11-13-4-3-7-21(12-13)18(23)20-14-5-6-15-16(10-14)25-9-8-24-15/h5-6,10,13H,2-4,7-9,11-12H2,1H3,(H,19,22)(H,20,23). The lowest BCUT2D eigenvalue weighted by molar-refractivity contribution is -0.121. The van der Waals surface area contributed by atoms with Gasteiger partial charge in [-0.25, -0.2) is 4.79 Å². The molecule has 0 radical (unpaired) electrons. The second-order valence-electron chi connectivity index (χ2n) is 6.40. The Labute approximate surface area is 147 Å². The fraction of sp³-hybridized carbons (Fsp3) is 0.556. The van der Waals surface area contributed by atoms with Crippen LogP contribution in [0.3, 0.4) is 0 Å². The monoisotopic (exact) mass is 347 g/mol. The largest absolute Gasteiger partial charge is 0.486 e. The van der Waals surface area contributed by atoms with Crippen LogP contribution in [0.5, 0.6) is 11.5 Å². The molecule has 2 aliphatic rings.